The number of nitrogens with one attached hydrogen (secondary N) is 1. The van der Waals surface area contributed by atoms with E-state index in [2.05, 4.69) is 53.9 Å². The minimum Gasteiger partial charge on any atom is -0.394 e. The van der Waals surface area contributed by atoms with Gasteiger partial charge >= 0.3 is 0 Å². The Morgan fingerprint density at radius 2 is 2.08 bits per heavy atom. The lowest BCUT2D eigenvalue weighted by Gasteiger charge is -2.28. The van der Waals surface area contributed by atoms with E-state index < -0.39 is 12.2 Å². The van der Waals surface area contributed by atoms with Crippen molar-refractivity contribution < 1.29 is 15.1 Å². The maximum absolute atomic E-state index is 10.6. The van der Waals surface area contributed by atoms with Gasteiger partial charge in [0.15, 0.2) is 0 Å². The third-order valence-corrected chi connectivity index (χ3v) is 7.88. The van der Waals surface area contributed by atoms with E-state index in [-0.39, 0.29) is 24.1 Å². The van der Waals surface area contributed by atoms with Crippen molar-refractivity contribution in [3.05, 3.63) is 72.4 Å². The Labute approximate surface area is 241 Å². The first-order chi connectivity index (χ1) is 19.3. The molecule has 1 aliphatic heterocycles. The largest absolute Gasteiger partial charge is 0.394 e. The fourth-order valence-corrected chi connectivity index (χ4v) is 5.65. The predicted octanol–water partition coefficient (Wildman–Crippen LogP) is 3.38. The average Bonchev–Trinajstić information content (AvgIpc) is 3.29. The Balaban J connectivity index is 1.57. The van der Waals surface area contributed by atoms with E-state index in [1.54, 1.807) is 13.0 Å². The molecule has 0 spiro atoms. The van der Waals surface area contributed by atoms with Crippen LogP contribution in [0.1, 0.15) is 56.6 Å². The van der Waals surface area contributed by atoms with E-state index in [1.165, 1.54) is 6.42 Å². The zero-order valence-electron chi connectivity index (χ0n) is 24.5. The third kappa shape index (κ3) is 10.3. The Hall–Kier alpha value is -2.28. The minimum absolute atomic E-state index is 0.0706. The number of aliphatic hydroxyl groups is 2. The Morgan fingerprint density at radius 1 is 1.27 bits per heavy atom. The molecule has 0 aromatic heterocycles. The van der Waals surface area contributed by atoms with Crippen molar-refractivity contribution >= 4 is 0 Å². The number of nitrogens with two attached hydrogens (primary N) is 1. The molecule has 0 amide bonds. The van der Waals surface area contributed by atoms with Gasteiger partial charge in [-0.2, -0.15) is 5.06 Å². The van der Waals surface area contributed by atoms with E-state index in [4.69, 9.17) is 10.6 Å². The summed E-state index contributed by atoms with van der Waals surface area (Å²) in [7, 11) is 2.12. The van der Waals surface area contributed by atoms with Crippen LogP contribution in [-0.2, 0) is 11.4 Å². The molecule has 3 rings (SSSR count). The summed E-state index contributed by atoms with van der Waals surface area (Å²) in [4.78, 5) is 8.46. The molecule has 2 fully saturated rings. The normalized spacial score (nSPS) is 24.0. The van der Waals surface area contributed by atoms with E-state index in [0.29, 0.717) is 13.1 Å². The van der Waals surface area contributed by atoms with Gasteiger partial charge in [0.1, 0.15) is 6.10 Å². The SMILES string of the molecule is C=C/C=C\C=C/CN(C)CCCNCC1[C@H]([C@H](C)O)[C@H](CO)ON1Cc1cccc(C#CC2(N)CCCCC2)c1. The summed E-state index contributed by atoms with van der Waals surface area (Å²) >= 11 is 0. The van der Waals surface area contributed by atoms with Crippen molar-refractivity contribution in [1.29, 1.82) is 0 Å². The lowest BCUT2D eigenvalue weighted by molar-refractivity contribution is -0.177. The molecule has 0 radical (unpaired) electrons. The monoisotopic (exact) mass is 550 g/mol. The highest BCUT2D eigenvalue weighted by Gasteiger charge is 2.45. The molecule has 1 aromatic carbocycles. The highest BCUT2D eigenvalue weighted by molar-refractivity contribution is 5.39. The second-order valence-electron chi connectivity index (χ2n) is 11.3. The maximum atomic E-state index is 10.6. The van der Waals surface area contributed by atoms with E-state index in [0.717, 1.165) is 62.9 Å². The summed E-state index contributed by atoms with van der Waals surface area (Å²) < 4.78 is 0. The second kappa shape index (κ2) is 16.9. The fourth-order valence-electron chi connectivity index (χ4n) is 5.65. The second-order valence-corrected chi connectivity index (χ2v) is 11.3. The van der Waals surface area contributed by atoms with Crippen LogP contribution >= 0.6 is 0 Å². The van der Waals surface area contributed by atoms with E-state index in [1.807, 2.05) is 35.4 Å². The predicted molar refractivity (Wildman–Crippen MR) is 163 cm³/mol. The third-order valence-electron chi connectivity index (χ3n) is 7.88. The number of hydroxylamine groups is 2. The van der Waals surface area contributed by atoms with Gasteiger partial charge in [0, 0.05) is 31.1 Å². The van der Waals surface area contributed by atoms with Crippen LogP contribution in [0.25, 0.3) is 0 Å². The lowest BCUT2D eigenvalue weighted by atomic mass is 9.83. The quantitative estimate of drug-likeness (QED) is 0.160. The summed E-state index contributed by atoms with van der Waals surface area (Å²) in [5, 5.41) is 26.1. The van der Waals surface area contributed by atoms with Gasteiger partial charge in [0.2, 0.25) is 0 Å². The van der Waals surface area contributed by atoms with Gasteiger partial charge in [-0.15, -0.1) is 0 Å². The minimum atomic E-state index is -0.601. The Kier molecular flexibility index (Phi) is 13.6. The number of hydrogen-bond acceptors (Lipinski definition) is 7. The standard InChI is InChI=1S/C33H50N4O3/c1-4-5-6-7-11-21-36(3)22-13-20-35-24-30-32(27(2)39)31(26-38)40-37(30)25-29-15-12-14-28(23-29)16-19-33(34)17-9-8-10-18-33/h4-7,11-12,14-15,23,27,30-32,35,38-39H,1,8-10,13,17-18,20-22,24-26,34H2,2-3H3/b6-5-,11-7-/t27-,30?,31-,32-/m0/s1. The molecule has 1 saturated carbocycles. The molecular weight excluding hydrogens is 500 g/mol. The van der Waals surface area contributed by atoms with Gasteiger partial charge < -0.3 is 26.2 Å². The zero-order valence-corrected chi connectivity index (χ0v) is 24.5. The van der Waals surface area contributed by atoms with Crippen LogP contribution in [0.3, 0.4) is 0 Å². The number of hydrogen-bond donors (Lipinski definition) is 4. The topological polar surface area (TPSA) is 94.2 Å². The van der Waals surface area contributed by atoms with Gasteiger partial charge in [-0.25, -0.2) is 0 Å². The maximum Gasteiger partial charge on any atom is 0.109 e. The van der Waals surface area contributed by atoms with Crippen LogP contribution in [0.4, 0.5) is 0 Å². The molecule has 220 valence electrons. The number of nitrogens with zero attached hydrogens (tertiary/aromatic N) is 2. The van der Waals surface area contributed by atoms with Crippen molar-refractivity contribution in [3.8, 4) is 11.8 Å². The molecule has 2 aliphatic rings. The average molecular weight is 551 g/mol. The molecule has 40 heavy (non-hydrogen) atoms. The number of benzene rings is 1. The molecule has 5 N–H and O–H groups in total. The summed E-state index contributed by atoms with van der Waals surface area (Å²) in [6.45, 7) is 9.26. The van der Waals surface area contributed by atoms with E-state index in [9.17, 15) is 10.2 Å². The van der Waals surface area contributed by atoms with Crippen LogP contribution in [-0.4, -0.2) is 83.8 Å². The molecule has 4 atom stereocenters. The molecule has 1 unspecified atom stereocenters. The molecule has 0 bridgehead atoms. The van der Waals surface area contributed by atoms with Crippen molar-refractivity contribution in [2.75, 3.05) is 39.8 Å². The lowest BCUT2D eigenvalue weighted by Crippen LogP contribution is -2.45. The van der Waals surface area contributed by atoms with Crippen molar-refractivity contribution in [3.63, 3.8) is 0 Å². The highest BCUT2D eigenvalue weighted by Crippen LogP contribution is 2.32. The number of likely N-dealkylation sites (N-methyl/N-ethyl adjacent to an activating group) is 1. The molecule has 1 heterocycles. The van der Waals surface area contributed by atoms with Crippen molar-refractivity contribution in [2.45, 2.75) is 75.8 Å². The number of rotatable bonds is 14. The molecule has 1 aliphatic carbocycles. The first-order valence-electron chi connectivity index (χ1n) is 14.8. The van der Waals surface area contributed by atoms with Crippen LogP contribution < -0.4 is 11.1 Å². The summed E-state index contributed by atoms with van der Waals surface area (Å²) in [5.41, 5.74) is 8.17. The summed E-state index contributed by atoms with van der Waals surface area (Å²) in [6.07, 6.45) is 15.2. The van der Waals surface area contributed by atoms with Gasteiger partial charge in [-0.05, 0) is 64.0 Å². The molecule has 7 nitrogen and oxygen atoms in total. The molecular formula is C33H50N4O3. The van der Waals surface area contributed by atoms with E-state index >= 15 is 0 Å². The highest BCUT2D eigenvalue weighted by atomic mass is 16.7. The summed E-state index contributed by atoms with van der Waals surface area (Å²) in [5.74, 6) is 6.46. The fraction of sp³-hybridized carbons (Fsp3) is 0.576. The Bertz CT molecular complexity index is 1020. The smallest absolute Gasteiger partial charge is 0.109 e. The van der Waals surface area contributed by atoms with Gasteiger partial charge in [0.25, 0.3) is 0 Å². The molecule has 1 aromatic rings. The number of aliphatic hydroxyl groups excluding tert-OH is 2. The van der Waals surface area contributed by atoms with Crippen LogP contribution in [0.5, 0.6) is 0 Å². The number of allylic oxidation sites excluding steroid dienone is 4. The van der Waals surface area contributed by atoms with Crippen molar-refractivity contribution in [2.24, 2.45) is 11.7 Å². The molecule has 1 saturated heterocycles. The van der Waals surface area contributed by atoms with Gasteiger partial charge in [-0.3, -0.25) is 4.84 Å². The van der Waals surface area contributed by atoms with Crippen LogP contribution in [0.15, 0.2) is 61.2 Å². The van der Waals surface area contributed by atoms with Crippen molar-refractivity contribution in [1.82, 2.24) is 15.3 Å². The van der Waals surface area contributed by atoms with Gasteiger partial charge in [0.05, 0.1) is 24.3 Å². The van der Waals surface area contributed by atoms with Gasteiger partial charge in [-0.1, -0.05) is 80.2 Å². The first-order valence-corrected chi connectivity index (χ1v) is 14.8. The molecule has 7 heteroatoms. The van der Waals surface area contributed by atoms with Crippen LogP contribution in [0, 0.1) is 17.8 Å². The van der Waals surface area contributed by atoms with Crippen LogP contribution in [0.2, 0.25) is 0 Å². The zero-order chi connectivity index (χ0) is 28.8. The summed E-state index contributed by atoms with van der Waals surface area (Å²) in [6, 6.07) is 8.13. The Morgan fingerprint density at radius 3 is 2.80 bits per heavy atom. The first kappa shape index (κ1) is 32.2.